The number of halogens is 1. The highest BCUT2D eigenvalue weighted by molar-refractivity contribution is 5.86. The molecule has 6 heteroatoms. The average Bonchev–Trinajstić information content (AvgIpc) is 2.69. The minimum Gasteiger partial charge on any atom is -0.347 e. The van der Waals surface area contributed by atoms with Gasteiger partial charge in [0, 0.05) is 33.7 Å². The summed E-state index contributed by atoms with van der Waals surface area (Å²) in [5.41, 5.74) is 3.51. The van der Waals surface area contributed by atoms with Crippen LogP contribution in [-0.2, 0) is 24.3 Å². The van der Waals surface area contributed by atoms with Crippen molar-refractivity contribution in [2.45, 2.75) is 19.5 Å². The van der Waals surface area contributed by atoms with E-state index in [9.17, 15) is 9.18 Å². The van der Waals surface area contributed by atoms with E-state index in [1.54, 1.807) is 19.2 Å². The van der Waals surface area contributed by atoms with Gasteiger partial charge in [-0.3, -0.25) is 9.79 Å². The lowest BCUT2D eigenvalue weighted by atomic mass is 10.00. The van der Waals surface area contributed by atoms with Crippen LogP contribution in [-0.4, -0.2) is 48.9 Å². The predicted octanol–water partition coefficient (Wildman–Crippen LogP) is 2.42. The van der Waals surface area contributed by atoms with Crippen LogP contribution < -0.4 is 5.32 Å². The summed E-state index contributed by atoms with van der Waals surface area (Å²) in [6, 6.07) is 14.6. The van der Waals surface area contributed by atoms with Crippen LogP contribution in [0.1, 0.15) is 16.7 Å². The highest BCUT2D eigenvalue weighted by atomic mass is 19.1. The molecule has 2 aromatic rings. The second kappa shape index (κ2) is 8.66. The van der Waals surface area contributed by atoms with Crippen molar-refractivity contribution in [3.63, 3.8) is 0 Å². The minimum absolute atomic E-state index is 0.0563. The Labute approximate surface area is 159 Å². The molecular weight excluding hydrogens is 343 g/mol. The lowest BCUT2D eigenvalue weighted by molar-refractivity contribution is -0.130. The molecule has 1 aliphatic rings. The third-order valence-electron chi connectivity index (χ3n) is 4.79. The van der Waals surface area contributed by atoms with Crippen LogP contribution in [0.2, 0.25) is 0 Å². The molecule has 0 aromatic heterocycles. The van der Waals surface area contributed by atoms with Gasteiger partial charge in [-0.05, 0) is 35.2 Å². The van der Waals surface area contributed by atoms with Crippen molar-refractivity contribution in [1.29, 1.82) is 0 Å². The summed E-state index contributed by atoms with van der Waals surface area (Å²) in [6.07, 6.45) is 0.890. The Bertz CT molecular complexity index is 819. The van der Waals surface area contributed by atoms with Crippen molar-refractivity contribution in [2.24, 2.45) is 4.99 Å². The number of nitrogens with one attached hydrogen (secondary N) is 1. The van der Waals surface area contributed by atoms with Gasteiger partial charge in [0.1, 0.15) is 5.82 Å². The van der Waals surface area contributed by atoms with Crippen molar-refractivity contribution in [1.82, 2.24) is 15.1 Å². The summed E-state index contributed by atoms with van der Waals surface area (Å²) in [5.74, 6) is 0.434. The van der Waals surface area contributed by atoms with E-state index in [1.807, 2.05) is 29.0 Å². The molecule has 1 amide bonds. The van der Waals surface area contributed by atoms with Crippen molar-refractivity contribution in [2.75, 3.05) is 27.2 Å². The third-order valence-corrected chi connectivity index (χ3v) is 4.79. The van der Waals surface area contributed by atoms with Crippen LogP contribution in [0.4, 0.5) is 4.39 Å². The van der Waals surface area contributed by atoms with E-state index in [1.165, 1.54) is 23.3 Å². The Morgan fingerprint density at radius 2 is 1.89 bits per heavy atom. The first-order valence-corrected chi connectivity index (χ1v) is 9.07. The largest absolute Gasteiger partial charge is 0.347 e. The molecule has 0 spiro atoms. The summed E-state index contributed by atoms with van der Waals surface area (Å²) in [4.78, 5) is 20.6. The van der Waals surface area contributed by atoms with Gasteiger partial charge in [0.15, 0.2) is 5.96 Å². The predicted molar refractivity (Wildman–Crippen MR) is 105 cm³/mol. The highest BCUT2D eigenvalue weighted by Crippen LogP contribution is 2.18. The molecule has 0 radical (unpaired) electrons. The van der Waals surface area contributed by atoms with Gasteiger partial charge in [-0.15, -0.1) is 0 Å². The minimum atomic E-state index is -0.252. The van der Waals surface area contributed by atoms with E-state index in [2.05, 4.69) is 22.4 Å². The SMILES string of the molecule is CN=C(NCC(=O)N1CCc2ccccc2C1)N(C)Cc1ccc(F)cc1. The number of benzene rings is 2. The zero-order valence-corrected chi connectivity index (χ0v) is 15.8. The molecule has 142 valence electrons. The first-order valence-electron chi connectivity index (χ1n) is 9.07. The number of nitrogens with zero attached hydrogens (tertiary/aromatic N) is 3. The van der Waals surface area contributed by atoms with E-state index in [4.69, 9.17) is 0 Å². The maximum absolute atomic E-state index is 13.0. The average molecular weight is 368 g/mol. The van der Waals surface area contributed by atoms with Crippen LogP contribution >= 0.6 is 0 Å². The number of rotatable bonds is 4. The molecule has 1 aliphatic heterocycles. The number of fused-ring (bicyclic) bond motifs is 1. The molecular formula is C21H25FN4O. The zero-order chi connectivity index (χ0) is 19.2. The van der Waals surface area contributed by atoms with Crippen LogP contribution in [0.5, 0.6) is 0 Å². The molecule has 0 aliphatic carbocycles. The maximum Gasteiger partial charge on any atom is 0.242 e. The lowest BCUT2D eigenvalue weighted by Gasteiger charge is -2.29. The molecule has 2 aromatic carbocycles. The van der Waals surface area contributed by atoms with Crippen molar-refractivity contribution in [3.8, 4) is 0 Å². The number of hydrogen-bond donors (Lipinski definition) is 1. The molecule has 0 saturated carbocycles. The van der Waals surface area contributed by atoms with Gasteiger partial charge < -0.3 is 15.1 Å². The fourth-order valence-corrected chi connectivity index (χ4v) is 3.30. The van der Waals surface area contributed by atoms with Crippen LogP contribution in [0.25, 0.3) is 0 Å². The summed E-state index contributed by atoms with van der Waals surface area (Å²) in [5, 5.41) is 3.13. The fraction of sp³-hybridized carbons (Fsp3) is 0.333. The zero-order valence-electron chi connectivity index (χ0n) is 15.8. The van der Waals surface area contributed by atoms with E-state index in [-0.39, 0.29) is 18.3 Å². The molecule has 0 fully saturated rings. The third kappa shape index (κ3) is 4.84. The molecule has 0 saturated heterocycles. The molecule has 0 atom stereocenters. The number of guanidine groups is 1. The quantitative estimate of drug-likeness (QED) is 0.666. The van der Waals surface area contributed by atoms with Crippen LogP contribution in [0, 0.1) is 5.82 Å². The maximum atomic E-state index is 13.0. The Hall–Kier alpha value is -2.89. The Morgan fingerprint density at radius 1 is 1.19 bits per heavy atom. The Kier molecular flexibility index (Phi) is 6.06. The second-order valence-corrected chi connectivity index (χ2v) is 6.72. The van der Waals surface area contributed by atoms with Gasteiger partial charge in [0.25, 0.3) is 0 Å². The van der Waals surface area contributed by atoms with Gasteiger partial charge in [-0.1, -0.05) is 36.4 Å². The Balaban J connectivity index is 1.53. The first kappa shape index (κ1) is 18.9. The molecule has 5 nitrogen and oxygen atoms in total. The molecule has 1 heterocycles. The normalized spacial score (nSPS) is 13.9. The number of carbonyl (C=O) groups is 1. The highest BCUT2D eigenvalue weighted by Gasteiger charge is 2.20. The number of hydrogen-bond acceptors (Lipinski definition) is 2. The van der Waals surface area contributed by atoms with Crippen molar-refractivity contribution in [3.05, 3.63) is 71.0 Å². The molecule has 1 N–H and O–H groups in total. The smallest absolute Gasteiger partial charge is 0.242 e. The van der Waals surface area contributed by atoms with Gasteiger partial charge in [-0.2, -0.15) is 0 Å². The number of amides is 1. The Morgan fingerprint density at radius 3 is 2.59 bits per heavy atom. The molecule has 27 heavy (non-hydrogen) atoms. The lowest BCUT2D eigenvalue weighted by Crippen LogP contribution is -2.46. The topological polar surface area (TPSA) is 47.9 Å². The van der Waals surface area contributed by atoms with Crippen LogP contribution in [0.15, 0.2) is 53.5 Å². The van der Waals surface area contributed by atoms with Crippen LogP contribution in [0.3, 0.4) is 0 Å². The summed E-state index contributed by atoms with van der Waals surface area (Å²) in [6.45, 7) is 2.16. The van der Waals surface area contributed by atoms with Gasteiger partial charge >= 0.3 is 0 Å². The molecule has 0 unspecified atom stereocenters. The van der Waals surface area contributed by atoms with Gasteiger partial charge in [0.2, 0.25) is 5.91 Å². The van der Waals surface area contributed by atoms with E-state index in [0.29, 0.717) is 19.0 Å². The fourth-order valence-electron chi connectivity index (χ4n) is 3.30. The first-order chi connectivity index (χ1) is 13.1. The van der Waals surface area contributed by atoms with Crippen molar-refractivity contribution >= 4 is 11.9 Å². The van der Waals surface area contributed by atoms with Crippen molar-refractivity contribution < 1.29 is 9.18 Å². The van der Waals surface area contributed by atoms with Gasteiger partial charge in [-0.25, -0.2) is 4.39 Å². The van der Waals surface area contributed by atoms with E-state index >= 15 is 0 Å². The van der Waals surface area contributed by atoms with E-state index < -0.39 is 0 Å². The monoisotopic (exact) mass is 368 g/mol. The second-order valence-electron chi connectivity index (χ2n) is 6.72. The molecule has 0 bridgehead atoms. The standard InChI is InChI=1S/C21H25FN4O/c1-23-21(25(2)14-16-7-9-19(22)10-8-16)24-13-20(27)26-12-11-17-5-3-4-6-18(17)15-26/h3-10H,11-15H2,1-2H3,(H,23,24). The number of aliphatic imine (C=N–C) groups is 1. The summed E-state index contributed by atoms with van der Waals surface area (Å²) in [7, 11) is 3.57. The summed E-state index contributed by atoms with van der Waals surface area (Å²) < 4.78 is 13.0. The molecule has 3 rings (SSSR count). The summed E-state index contributed by atoms with van der Waals surface area (Å²) >= 11 is 0. The van der Waals surface area contributed by atoms with E-state index in [0.717, 1.165) is 18.5 Å². The number of carbonyl (C=O) groups excluding carboxylic acids is 1. The van der Waals surface area contributed by atoms with Gasteiger partial charge in [0.05, 0.1) is 6.54 Å².